The van der Waals surface area contributed by atoms with Crippen LogP contribution in [0.5, 0.6) is 0 Å². The van der Waals surface area contributed by atoms with E-state index in [1.807, 2.05) is 85.0 Å². The molecule has 2 aromatic heterocycles. The quantitative estimate of drug-likeness (QED) is 0.0990. The number of aliphatic hydroxyl groups excluding tert-OH is 4. The van der Waals surface area contributed by atoms with Gasteiger partial charge < -0.3 is 78.2 Å². The molecule has 6 N–H and O–H groups in total. The average Bonchev–Trinajstić information content (AvgIpc) is 4.12. The van der Waals surface area contributed by atoms with Gasteiger partial charge in [0.1, 0.15) is 48.8 Å². The molecule has 3 aliphatic heterocycles. The smallest absolute Gasteiger partial charge is 0.311 e. The Hall–Kier alpha value is -3.52. The Labute approximate surface area is 461 Å². The number of cyclic esters (lactones) is 1. The van der Waals surface area contributed by atoms with Crippen LogP contribution in [-0.2, 0) is 44.4 Å². The number of benzene rings is 1. The second kappa shape index (κ2) is 26.6. The Morgan fingerprint density at radius 1 is 0.936 bits per heavy atom. The summed E-state index contributed by atoms with van der Waals surface area (Å²) in [6, 6.07) is 7.51. The SMILES string of the molecule is CC[C@H]1OC(=O)[C@H](C)[C@@H](O[C@H]2C[C@@](C)(OC)[C@@H](O)[C@H](C)O2)[C@H](C)[C@@H](O[C@@H]2O[C@H](C)C[C@H](N(C)CCc3cn([C@H](CF)[C@H](OC)c4ccc(-n5ccc(C(C)O)c5)cc4)nn3)[C@H]2O)[C@](C)(O)C[C@@H](C)CN(C)[C@H](C)[C@@H](O)[C@]1(C)O. The van der Waals surface area contributed by atoms with E-state index in [9.17, 15) is 39.8 Å². The molecule has 0 bridgehead atoms. The molecular weight excluding hydrogens is 1010 g/mol. The minimum absolute atomic E-state index is 0.0794. The first-order valence-corrected chi connectivity index (χ1v) is 27.8. The molecular formula is C57H93FN6O14. The van der Waals surface area contributed by atoms with E-state index in [-0.39, 0.29) is 25.2 Å². The predicted octanol–water partition coefficient (Wildman–Crippen LogP) is 4.85. The lowest BCUT2D eigenvalue weighted by molar-refractivity contribution is -0.318. The van der Waals surface area contributed by atoms with Crippen molar-refractivity contribution in [3.05, 3.63) is 65.7 Å². The summed E-state index contributed by atoms with van der Waals surface area (Å²) in [7, 11) is 6.73. The van der Waals surface area contributed by atoms with Crippen molar-refractivity contribution in [2.75, 3.05) is 48.1 Å². The fourth-order valence-corrected chi connectivity index (χ4v) is 12.2. The number of aliphatic hydroxyl groups is 6. The van der Waals surface area contributed by atoms with Gasteiger partial charge in [-0.15, -0.1) is 5.10 Å². The second-order valence-electron chi connectivity index (χ2n) is 23.6. The van der Waals surface area contributed by atoms with Gasteiger partial charge in [-0.25, -0.2) is 9.07 Å². The van der Waals surface area contributed by atoms with E-state index in [0.29, 0.717) is 31.6 Å². The van der Waals surface area contributed by atoms with E-state index in [0.717, 1.165) is 16.8 Å². The van der Waals surface area contributed by atoms with Gasteiger partial charge in [0, 0.05) is 82.4 Å². The van der Waals surface area contributed by atoms with Gasteiger partial charge >= 0.3 is 5.97 Å². The molecule has 20 nitrogen and oxygen atoms in total. The molecule has 3 aromatic rings. The average molecular weight is 1110 g/mol. The molecule has 21 atom stereocenters. The van der Waals surface area contributed by atoms with Crippen molar-refractivity contribution < 1.29 is 73.0 Å². The molecule has 0 saturated carbocycles. The topological polar surface area (TPSA) is 245 Å². The molecule has 1 unspecified atom stereocenters. The summed E-state index contributed by atoms with van der Waals surface area (Å²) in [4.78, 5) is 18.4. The lowest BCUT2D eigenvalue weighted by Crippen LogP contribution is -2.61. The predicted molar refractivity (Wildman–Crippen MR) is 288 cm³/mol. The Morgan fingerprint density at radius 2 is 1.62 bits per heavy atom. The van der Waals surface area contributed by atoms with Gasteiger partial charge in [-0.05, 0) is 124 Å². The number of rotatable bonds is 17. The number of halogens is 1. The van der Waals surface area contributed by atoms with Crippen LogP contribution in [-0.4, -0.2) is 204 Å². The number of hydrogen-bond donors (Lipinski definition) is 6. The number of likely N-dealkylation sites (N-methyl/N-ethyl adjacent to an activating group) is 2. The van der Waals surface area contributed by atoms with E-state index in [1.165, 1.54) is 25.8 Å². The normalized spacial score (nSPS) is 38.3. The van der Waals surface area contributed by atoms with E-state index >= 15 is 0 Å². The van der Waals surface area contributed by atoms with Gasteiger partial charge in [0.25, 0.3) is 0 Å². The first-order chi connectivity index (χ1) is 36.6. The number of methoxy groups -OCH3 is 2. The number of aromatic nitrogens is 4. The van der Waals surface area contributed by atoms with Crippen LogP contribution >= 0.6 is 0 Å². The second-order valence-corrected chi connectivity index (χ2v) is 23.6. The van der Waals surface area contributed by atoms with Crippen molar-refractivity contribution >= 4 is 5.97 Å². The van der Waals surface area contributed by atoms with Crippen LogP contribution in [0.3, 0.4) is 0 Å². The monoisotopic (exact) mass is 1100 g/mol. The fraction of sp³-hybridized carbons (Fsp3) is 0.772. The summed E-state index contributed by atoms with van der Waals surface area (Å²) in [5, 5.41) is 78.7. The summed E-state index contributed by atoms with van der Waals surface area (Å²) in [5.74, 6) is -2.90. The number of carbonyl (C=O) groups is 1. The van der Waals surface area contributed by atoms with E-state index in [4.69, 9.17) is 33.2 Å². The number of esters is 1. The Morgan fingerprint density at radius 3 is 2.22 bits per heavy atom. The largest absolute Gasteiger partial charge is 0.459 e. The van der Waals surface area contributed by atoms with Crippen LogP contribution in [0.2, 0.25) is 0 Å². The number of hydrogen-bond acceptors (Lipinski definition) is 18. The standard InChI is InChI=1S/C57H93FN6O14/c1-16-45-57(11,71)50(67)36(6)62(13)29-32(2)26-55(9,70)52(34(4)48(35(5)53(69)76-45)77-46-27-56(10,73-15)51(68)38(8)75-46)78-54-47(66)43(25-33(3)74-54)61(12)23-22-41-31-64(60-59-41)44(28-58)49(72-14)39-17-19-42(20-18-39)63-24-21-40(30-63)37(7)65/h17-21,24,30-38,43-52,54,65-68,70-71H,16,22-23,25-29H2,1-15H3/t32-,33-,34+,35-,36-,37?,38+,43+,44-,45-,46+,47-,48+,49-,50-,51+,52-,54+,55-,56-,57-/m1/s1. The highest BCUT2D eigenvalue weighted by Gasteiger charge is 2.53. The summed E-state index contributed by atoms with van der Waals surface area (Å²) >= 11 is 0. The van der Waals surface area contributed by atoms with Gasteiger partial charge in [-0.1, -0.05) is 38.1 Å². The molecule has 78 heavy (non-hydrogen) atoms. The molecule has 0 spiro atoms. The van der Waals surface area contributed by atoms with Gasteiger partial charge in [0.05, 0.1) is 53.3 Å². The Balaban J connectivity index is 1.24. The molecule has 6 rings (SSSR count). The lowest BCUT2D eigenvalue weighted by atomic mass is 9.77. The van der Waals surface area contributed by atoms with Crippen LogP contribution in [0, 0.1) is 17.8 Å². The highest BCUT2D eigenvalue weighted by molar-refractivity contribution is 5.73. The molecule has 5 heterocycles. The minimum atomic E-state index is -1.86. The van der Waals surface area contributed by atoms with E-state index < -0.39 is 133 Å². The van der Waals surface area contributed by atoms with Crippen molar-refractivity contribution in [2.45, 2.75) is 217 Å². The molecule has 3 fully saturated rings. The first-order valence-electron chi connectivity index (χ1n) is 27.8. The summed E-state index contributed by atoms with van der Waals surface area (Å²) in [6.07, 6.45) is -5.00. The number of ether oxygens (including phenoxy) is 7. The number of alkyl halides is 1. The third-order valence-electron chi connectivity index (χ3n) is 17.2. The number of carbonyl (C=O) groups excluding carboxylic acids is 1. The molecule has 442 valence electrons. The van der Waals surface area contributed by atoms with Crippen LogP contribution in [0.25, 0.3) is 5.69 Å². The molecule has 3 aliphatic rings. The number of nitrogens with zero attached hydrogens (tertiary/aromatic N) is 6. The Kier molecular flexibility index (Phi) is 21.7. The maximum atomic E-state index is 15.0. The highest BCUT2D eigenvalue weighted by Crippen LogP contribution is 2.41. The van der Waals surface area contributed by atoms with Gasteiger partial charge in [-0.2, -0.15) is 0 Å². The van der Waals surface area contributed by atoms with Crippen LogP contribution in [0.1, 0.15) is 137 Å². The summed E-state index contributed by atoms with van der Waals surface area (Å²) in [5.41, 5.74) is -1.61. The van der Waals surface area contributed by atoms with Gasteiger partial charge in [0.15, 0.2) is 12.6 Å². The summed E-state index contributed by atoms with van der Waals surface area (Å²) < 4.78 is 62.6. The highest BCUT2D eigenvalue weighted by atomic mass is 19.1. The molecule has 0 radical (unpaired) electrons. The zero-order valence-electron chi connectivity index (χ0n) is 48.7. The molecule has 21 heteroatoms. The zero-order chi connectivity index (χ0) is 57.8. The van der Waals surface area contributed by atoms with Crippen molar-refractivity contribution in [1.82, 2.24) is 29.4 Å². The lowest BCUT2D eigenvalue weighted by Gasteiger charge is -2.49. The molecule has 0 amide bonds. The van der Waals surface area contributed by atoms with Crippen LogP contribution < -0.4 is 0 Å². The maximum absolute atomic E-state index is 15.0. The fourth-order valence-electron chi connectivity index (χ4n) is 12.2. The third kappa shape index (κ3) is 14.4. The van der Waals surface area contributed by atoms with E-state index in [2.05, 4.69) is 10.3 Å². The van der Waals surface area contributed by atoms with Crippen molar-refractivity contribution in [3.8, 4) is 5.69 Å². The van der Waals surface area contributed by atoms with Crippen molar-refractivity contribution in [2.24, 2.45) is 17.8 Å². The van der Waals surface area contributed by atoms with Crippen molar-refractivity contribution in [3.63, 3.8) is 0 Å². The maximum Gasteiger partial charge on any atom is 0.311 e. The molecule has 0 aliphatic carbocycles. The Bertz CT molecular complexity index is 2340. The van der Waals surface area contributed by atoms with Crippen molar-refractivity contribution in [1.29, 1.82) is 0 Å². The molecule has 3 saturated heterocycles. The first kappa shape index (κ1) is 63.7. The van der Waals surface area contributed by atoms with Gasteiger partial charge in [0.2, 0.25) is 0 Å². The summed E-state index contributed by atoms with van der Waals surface area (Å²) in [6.45, 7) is 19.1. The zero-order valence-corrected chi connectivity index (χ0v) is 48.7. The van der Waals surface area contributed by atoms with E-state index in [1.54, 1.807) is 61.6 Å². The molecule has 1 aromatic carbocycles. The van der Waals surface area contributed by atoms with Gasteiger partial charge in [-0.3, -0.25) is 4.79 Å². The third-order valence-corrected chi connectivity index (χ3v) is 17.2. The minimum Gasteiger partial charge on any atom is -0.459 e. The van der Waals surface area contributed by atoms with Crippen LogP contribution in [0.15, 0.2) is 48.9 Å². The van der Waals surface area contributed by atoms with Crippen LogP contribution in [0.4, 0.5) is 4.39 Å².